The molecule has 0 aliphatic rings. The van der Waals surface area contributed by atoms with Gasteiger partial charge in [0.1, 0.15) is 17.0 Å². The number of hydrogen-bond acceptors (Lipinski definition) is 3. The summed E-state index contributed by atoms with van der Waals surface area (Å²) in [4.78, 5) is 5.24. The molecule has 0 N–H and O–H groups in total. The van der Waals surface area contributed by atoms with Crippen LogP contribution in [0, 0.1) is 11.3 Å². The Kier molecular flexibility index (Phi) is 6.17. The smallest absolute Gasteiger partial charge is 0.149 e. The number of aromatic nitrogens is 2. The van der Waals surface area contributed by atoms with Crippen LogP contribution in [-0.4, -0.2) is 9.55 Å². The van der Waals surface area contributed by atoms with Crippen molar-refractivity contribution in [3.63, 3.8) is 0 Å². The Morgan fingerprint density at radius 1 is 0.738 bits per heavy atom. The van der Waals surface area contributed by atoms with Gasteiger partial charge >= 0.3 is 0 Å². The van der Waals surface area contributed by atoms with E-state index in [1.807, 2.05) is 42.5 Å². The lowest BCUT2D eigenvalue weighted by Crippen LogP contribution is -2.09. The molecule has 5 aromatic carbocycles. The number of nitrogens with zero attached hydrogens (tertiary/aromatic N) is 3. The Hall–Kier alpha value is -5.14. The number of rotatable bonds is 5. The predicted octanol–water partition coefficient (Wildman–Crippen LogP) is 10.4. The molecule has 0 unspecified atom stereocenters. The van der Waals surface area contributed by atoms with Gasteiger partial charge in [0.25, 0.3) is 0 Å². The molecule has 0 amide bonds. The fourth-order valence-electron chi connectivity index (χ4n) is 6.15. The van der Waals surface area contributed by atoms with Crippen LogP contribution in [0.4, 0.5) is 0 Å². The lowest BCUT2D eigenvalue weighted by Gasteiger charge is -2.24. The van der Waals surface area contributed by atoms with Crippen molar-refractivity contribution in [2.45, 2.75) is 39.5 Å². The van der Waals surface area contributed by atoms with Crippen molar-refractivity contribution in [1.82, 2.24) is 9.55 Å². The highest BCUT2D eigenvalue weighted by molar-refractivity contribution is 6.12. The third-order valence-corrected chi connectivity index (χ3v) is 8.19. The molecule has 0 aliphatic carbocycles. The number of nitriles is 1. The molecular formula is C38H31N3O. The monoisotopic (exact) mass is 545 g/mol. The molecule has 0 saturated heterocycles. The summed E-state index contributed by atoms with van der Waals surface area (Å²) in [5, 5.41) is 11.8. The molecule has 7 aromatic rings. The van der Waals surface area contributed by atoms with Crippen LogP contribution in [0.2, 0.25) is 0 Å². The SMILES string of the molecule is CC(C)c1cc(-c2ccccc2)cc(C(C)C)c1-n1c(-c2ccc(C#N)c3c2oc2ccccc23)nc2ccccc21. The van der Waals surface area contributed by atoms with Crippen LogP contribution in [0.3, 0.4) is 0 Å². The van der Waals surface area contributed by atoms with E-state index in [9.17, 15) is 5.26 Å². The van der Waals surface area contributed by atoms with Gasteiger partial charge < -0.3 is 4.42 Å². The highest BCUT2D eigenvalue weighted by Crippen LogP contribution is 2.43. The number of benzene rings is 5. The third kappa shape index (κ3) is 4.01. The zero-order valence-electron chi connectivity index (χ0n) is 24.2. The second-order valence-corrected chi connectivity index (χ2v) is 11.5. The lowest BCUT2D eigenvalue weighted by molar-refractivity contribution is 0.669. The summed E-state index contributed by atoms with van der Waals surface area (Å²) >= 11 is 0. The molecule has 4 heteroatoms. The maximum absolute atomic E-state index is 10.0. The fraction of sp³-hybridized carbons (Fsp3) is 0.158. The molecule has 4 nitrogen and oxygen atoms in total. The van der Waals surface area contributed by atoms with Crippen LogP contribution in [0.1, 0.15) is 56.2 Å². The van der Waals surface area contributed by atoms with Gasteiger partial charge in [-0.15, -0.1) is 0 Å². The van der Waals surface area contributed by atoms with Crippen LogP contribution in [0.25, 0.3) is 61.2 Å². The Bertz CT molecular complexity index is 2130. The van der Waals surface area contributed by atoms with Crippen molar-refractivity contribution in [2.24, 2.45) is 0 Å². The molecule has 42 heavy (non-hydrogen) atoms. The van der Waals surface area contributed by atoms with E-state index in [4.69, 9.17) is 9.40 Å². The van der Waals surface area contributed by atoms with E-state index >= 15 is 0 Å². The minimum absolute atomic E-state index is 0.266. The molecule has 0 saturated carbocycles. The van der Waals surface area contributed by atoms with Crippen LogP contribution in [0.15, 0.2) is 108 Å². The number of hydrogen-bond donors (Lipinski definition) is 0. The molecule has 0 atom stereocenters. The summed E-state index contributed by atoms with van der Waals surface area (Å²) in [6, 6.07) is 37.8. The molecular weight excluding hydrogens is 514 g/mol. The quantitative estimate of drug-likeness (QED) is 0.216. The van der Waals surface area contributed by atoms with Crippen LogP contribution in [0.5, 0.6) is 0 Å². The van der Waals surface area contributed by atoms with E-state index in [1.54, 1.807) is 0 Å². The number of para-hydroxylation sites is 3. The Morgan fingerprint density at radius 2 is 1.40 bits per heavy atom. The maximum Gasteiger partial charge on any atom is 0.149 e. The van der Waals surface area contributed by atoms with Crippen LogP contribution < -0.4 is 0 Å². The number of furan rings is 1. The molecule has 2 aromatic heterocycles. The molecule has 0 aliphatic heterocycles. The van der Waals surface area contributed by atoms with E-state index in [1.165, 1.54) is 22.3 Å². The highest BCUT2D eigenvalue weighted by Gasteiger charge is 2.26. The van der Waals surface area contributed by atoms with Crippen LogP contribution >= 0.6 is 0 Å². The fourth-order valence-corrected chi connectivity index (χ4v) is 6.15. The zero-order chi connectivity index (χ0) is 29.0. The second-order valence-electron chi connectivity index (χ2n) is 11.5. The number of fused-ring (bicyclic) bond motifs is 4. The first-order valence-corrected chi connectivity index (χ1v) is 14.5. The first-order chi connectivity index (χ1) is 20.5. The average Bonchev–Trinajstić information content (AvgIpc) is 3.59. The van der Waals surface area contributed by atoms with Gasteiger partial charge in [-0.1, -0.05) is 88.4 Å². The standard InChI is InChI=1S/C38H31N3O/c1-23(2)30-20-27(25-12-6-5-7-13-25)21-31(24(3)4)36(30)41-33-16-10-9-15-32(33)40-38(41)29-19-18-26(22-39)35-28-14-8-11-17-34(28)42-37(29)35/h5-21,23-24H,1-4H3. The summed E-state index contributed by atoms with van der Waals surface area (Å²) in [5.41, 5.74) is 11.0. The molecule has 0 radical (unpaired) electrons. The third-order valence-electron chi connectivity index (χ3n) is 8.19. The minimum Gasteiger partial charge on any atom is -0.455 e. The topological polar surface area (TPSA) is 54.8 Å². The lowest BCUT2D eigenvalue weighted by atomic mass is 9.88. The van der Waals surface area contributed by atoms with Crippen molar-refractivity contribution >= 4 is 33.0 Å². The Morgan fingerprint density at radius 3 is 2.12 bits per heavy atom. The molecule has 7 rings (SSSR count). The van der Waals surface area contributed by atoms with Gasteiger partial charge in [-0.3, -0.25) is 4.57 Å². The van der Waals surface area contributed by atoms with Gasteiger partial charge in [0.05, 0.1) is 33.9 Å². The van der Waals surface area contributed by atoms with Crippen LogP contribution in [-0.2, 0) is 0 Å². The first kappa shape index (κ1) is 25.8. The van der Waals surface area contributed by atoms with Gasteiger partial charge in [0.2, 0.25) is 0 Å². The summed E-state index contributed by atoms with van der Waals surface area (Å²) < 4.78 is 8.82. The minimum atomic E-state index is 0.266. The number of imidazole rings is 1. The van der Waals surface area contributed by atoms with Gasteiger partial charge in [-0.25, -0.2) is 4.98 Å². The predicted molar refractivity (Wildman–Crippen MR) is 172 cm³/mol. The van der Waals surface area contributed by atoms with Gasteiger partial charge in [-0.05, 0) is 76.6 Å². The Balaban J connectivity index is 1.61. The van der Waals surface area contributed by atoms with E-state index in [-0.39, 0.29) is 11.8 Å². The average molecular weight is 546 g/mol. The molecule has 0 bridgehead atoms. The molecule has 0 fully saturated rings. The molecule has 204 valence electrons. The largest absolute Gasteiger partial charge is 0.455 e. The van der Waals surface area contributed by atoms with Crippen molar-refractivity contribution < 1.29 is 4.42 Å². The maximum atomic E-state index is 10.0. The van der Waals surface area contributed by atoms with E-state index in [2.05, 4.69) is 99.0 Å². The van der Waals surface area contributed by atoms with Crippen molar-refractivity contribution in [3.05, 3.63) is 120 Å². The van der Waals surface area contributed by atoms with E-state index in [0.29, 0.717) is 11.1 Å². The van der Waals surface area contributed by atoms with Crippen molar-refractivity contribution in [2.75, 3.05) is 0 Å². The van der Waals surface area contributed by atoms with E-state index in [0.717, 1.165) is 44.5 Å². The van der Waals surface area contributed by atoms with Gasteiger partial charge in [-0.2, -0.15) is 5.26 Å². The first-order valence-electron chi connectivity index (χ1n) is 14.5. The van der Waals surface area contributed by atoms with Crippen molar-refractivity contribution in [1.29, 1.82) is 5.26 Å². The van der Waals surface area contributed by atoms with Gasteiger partial charge in [0.15, 0.2) is 0 Å². The van der Waals surface area contributed by atoms with Crippen molar-refractivity contribution in [3.8, 4) is 34.3 Å². The molecule has 2 heterocycles. The normalized spacial score (nSPS) is 11.7. The van der Waals surface area contributed by atoms with E-state index < -0.39 is 0 Å². The van der Waals surface area contributed by atoms with Gasteiger partial charge in [0, 0.05) is 10.8 Å². The summed E-state index contributed by atoms with van der Waals surface area (Å²) in [6.07, 6.45) is 0. The summed E-state index contributed by atoms with van der Waals surface area (Å²) in [6.45, 7) is 9.04. The second kappa shape index (κ2) is 10.0. The highest BCUT2D eigenvalue weighted by atomic mass is 16.3. The summed E-state index contributed by atoms with van der Waals surface area (Å²) in [5.74, 6) is 1.34. The summed E-state index contributed by atoms with van der Waals surface area (Å²) in [7, 11) is 0. The molecule has 0 spiro atoms. The zero-order valence-corrected chi connectivity index (χ0v) is 24.2. The Labute approximate surface area is 245 Å².